The molecule has 3 aliphatic rings. The van der Waals surface area contributed by atoms with Crippen LogP contribution in [0.5, 0.6) is 0 Å². The Bertz CT molecular complexity index is 479. The molecule has 2 heterocycles. The van der Waals surface area contributed by atoms with Crippen LogP contribution in [0.1, 0.15) is 45.4 Å². The van der Waals surface area contributed by atoms with Crippen LogP contribution in [0.4, 0.5) is 0 Å². The first kappa shape index (κ1) is 22.7. The summed E-state index contributed by atoms with van der Waals surface area (Å²) in [5, 5.41) is 3.53. The summed E-state index contributed by atoms with van der Waals surface area (Å²) in [4.78, 5) is 23.9. The minimum atomic E-state index is 0. The number of guanidine groups is 1. The van der Waals surface area contributed by atoms with E-state index in [2.05, 4.69) is 31.9 Å². The van der Waals surface area contributed by atoms with E-state index in [9.17, 15) is 4.79 Å². The van der Waals surface area contributed by atoms with Crippen LogP contribution in [0.15, 0.2) is 4.99 Å². The lowest BCUT2D eigenvalue weighted by molar-refractivity contribution is -0.137. The first-order valence-electron chi connectivity index (χ1n) is 10.6. The number of rotatable bonds is 4. The van der Waals surface area contributed by atoms with E-state index in [1.54, 1.807) is 0 Å². The highest BCUT2D eigenvalue weighted by Gasteiger charge is 2.29. The van der Waals surface area contributed by atoms with Crippen molar-refractivity contribution in [2.45, 2.75) is 45.4 Å². The number of piperazine rings is 1. The number of halogens is 1. The normalized spacial score (nSPS) is 23.4. The third-order valence-electron chi connectivity index (χ3n) is 6.39. The molecule has 0 unspecified atom stereocenters. The first-order valence-corrected chi connectivity index (χ1v) is 10.6. The molecule has 0 aromatic carbocycles. The average molecular weight is 491 g/mol. The van der Waals surface area contributed by atoms with Crippen molar-refractivity contribution < 1.29 is 4.79 Å². The van der Waals surface area contributed by atoms with Crippen LogP contribution in [-0.2, 0) is 4.79 Å². The van der Waals surface area contributed by atoms with Gasteiger partial charge in [0.1, 0.15) is 0 Å². The number of amides is 1. The Morgan fingerprint density at radius 1 is 0.963 bits per heavy atom. The zero-order valence-corrected chi connectivity index (χ0v) is 19.5. The molecule has 2 aliphatic heterocycles. The van der Waals surface area contributed by atoms with Gasteiger partial charge in [-0.1, -0.05) is 19.8 Å². The number of likely N-dealkylation sites (tertiary alicyclic amines) is 1. The van der Waals surface area contributed by atoms with Crippen molar-refractivity contribution in [3.63, 3.8) is 0 Å². The number of hydrogen-bond donors (Lipinski definition) is 1. The molecule has 156 valence electrons. The Morgan fingerprint density at radius 2 is 1.59 bits per heavy atom. The highest BCUT2D eigenvalue weighted by atomic mass is 127. The summed E-state index contributed by atoms with van der Waals surface area (Å²) < 4.78 is 0. The number of carbonyl (C=O) groups is 1. The maximum atomic E-state index is 12.5. The van der Waals surface area contributed by atoms with E-state index in [0.717, 1.165) is 77.1 Å². The fourth-order valence-electron chi connectivity index (χ4n) is 4.50. The van der Waals surface area contributed by atoms with Crippen molar-refractivity contribution in [3.8, 4) is 0 Å². The second-order valence-corrected chi connectivity index (χ2v) is 8.29. The number of nitrogens with zero attached hydrogens (tertiary/aromatic N) is 4. The Kier molecular flexibility index (Phi) is 9.62. The minimum Gasteiger partial charge on any atom is -0.355 e. The maximum absolute atomic E-state index is 12.5. The van der Waals surface area contributed by atoms with Crippen LogP contribution in [0, 0.1) is 11.8 Å². The molecule has 3 fully saturated rings. The van der Waals surface area contributed by atoms with Gasteiger partial charge in [0.15, 0.2) is 5.96 Å². The zero-order chi connectivity index (χ0) is 18.4. The molecule has 7 heteroatoms. The molecule has 0 aromatic heterocycles. The Balaban J connectivity index is 0.00000261. The molecular formula is C20H38IN5O. The van der Waals surface area contributed by atoms with Gasteiger partial charge in [-0.3, -0.25) is 14.7 Å². The van der Waals surface area contributed by atoms with Gasteiger partial charge >= 0.3 is 0 Å². The van der Waals surface area contributed by atoms with Crippen molar-refractivity contribution in [3.05, 3.63) is 0 Å². The molecule has 1 saturated carbocycles. The average Bonchev–Trinajstić information content (AvgIpc) is 3.21. The summed E-state index contributed by atoms with van der Waals surface area (Å²) in [6.07, 6.45) is 7.21. The van der Waals surface area contributed by atoms with E-state index in [-0.39, 0.29) is 24.0 Å². The summed E-state index contributed by atoms with van der Waals surface area (Å²) in [6, 6.07) is 0. The molecule has 1 amide bonds. The molecule has 6 nitrogen and oxygen atoms in total. The molecule has 0 aromatic rings. The van der Waals surface area contributed by atoms with Gasteiger partial charge in [0.05, 0.1) is 0 Å². The third-order valence-corrected chi connectivity index (χ3v) is 6.39. The predicted molar refractivity (Wildman–Crippen MR) is 122 cm³/mol. The standard InChI is InChI=1S/C20H37N5O.HI/c1-17-7-10-25(11-8-17)20(21-2)22-9-12-23-13-15-24(16-14-23)19(26)18-5-3-4-6-18;/h17-18H,3-16H2,1-2H3,(H,21,22);1H. The van der Waals surface area contributed by atoms with Gasteiger partial charge in [-0.05, 0) is 31.6 Å². The zero-order valence-electron chi connectivity index (χ0n) is 17.2. The quantitative estimate of drug-likeness (QED) is 0.373. The van der Waals surface area contributed by atoms with E-state index in [1.807, 2.05) is 7.05 Å². The van der Waals surface area contributed by atoms with Crippen LogP contribution in [0.2, 0.25) is 0 Å². The lowest BCUT2D eigenvalue weighted by Gasteiger charge is -2.36. The molecule has 3 rings (SSSR count). The second-order valence-electron chi connectivity index (χ2n) is 8.29. The van der Waals surface area contributed by atoms with Gasteiger partial charge < -0.3 is 15.1 Å². The fourth-order valence-corrected chi connectivity index (χ4v) is 4.50. The monoisotopic (exact) mass is 491 g/mol. The van der Waals surface area contributed by atoms with Crippen molar-refractivity contribution in [1.82, 2.24) is 20.0 Å². The third kappa shape index (κ3) is 6.48. The number of piperidine rings is 1. The van der Waals surface area contributed by atoms with Gasteiger partial charge in [0.25, 0.3) is 0 Å². The fraction of sp³-hybridized carbons (Fsp3) is 0.900. The smallest absolute Gasteiger partial charge is 0.225 e. The molecular weight excluding hydrogens is 453 g/mol. The van der Waals surface area contributed by atoms with E-state index in [0.29, 0.717) is 11.8 Å². The topological polar surface area (TPSA) is 51.2 Å². The van der Waals surface area contributed by atoms with Crippen LogP contribution in [0.25, 0.3) is 0 Å². The maximum Gasteiger partial charge on any atom is 0.225 e. The van der Waals surface area contributed by atoms with Crippen LogP contribution < -0.4 is 5.32 Å². The molecule has 0 bridgehead atoms. The first-order chi connectivity index (χ1) is 12.7. The number of hydrogen-bond acceptors (Lipinski definition) is 3. The van der Waals surface area contributed by atoms with Crippen molar-refractivity contribution in [2.24, 2.45) is 16.8 Å². The Labute approximate surface area is 182 Å². The van der Waals surface area contributed by atoms with Crippen molar-refractivity contribution in [1.29, 1.82) is 0 Å². The largest absolute Gasteiger partial charge is 0.355 e. The van der Waals surface area contributed by atoms with E-state index >= 15 is 0 Å². The van der Waals surface area contributed by atoms with Crippen molar-refractivity contribution >= 4 is 35.8 Å². The number of aliphatic imine (C=N–C) groups is 1. The number of nitrogens with one attached hydrogen (secondary N) is 1. The molecule has 0 radical (unpaired) electrons. The number of carbonyl (C=O) groups excluding carboxylic acids is 1. The highest BCUT2D eigenvalue weighted by molar-refractivity contribution is 14.0. The van der Waals surface area contributed by atoms with Gasteiger partial charge in [-0.25, -0.2) is 0 Å². The van der Waals surface area contributed by atoms with E-state index < -0.39 is 0 Å². The summed E-state index contributed by atoms with van der Waals surface area (Å²) in [5.74, 6) is 2.62. The second kappa shape index (κ2) is 11.4. The summed E-state index contributed by atoms with van der Waals surface area (Å²) in [7, 11) is 1.88. The van der Waals surface area contributed by atoms with Crippen LogP contribution >= 0.6 is 24.0 Å². The lowest BCUT2D eigenvalue weighted by Crippen LogP contribution is -2.52. The van der Waals surface area contributed by atoms with Gasteiger partial charge in [-0.2, -0.15) is 0 Å². The summed E-state index contributed by atoms with van der Waals surface area (Å²) in [5.41, 5.74) is 0. The van der Waals surface area contributed by atoms with Gasteiger partial charge in [-0.15, -0.1) is 24.0 Å². The Hall–Kier alpha value is -0.570. The molecule has 27 heavy (non-hydrogen) atoms. The summed E-state index contributed by atoms with van der Waals surface area (Å²) in [6.45, 7) is 10.3. The highest BCUT2D eigenvalue weighted by Crippen LogP contribution is 2.26. The van der Waals surface area contributed by atoms with Crippen LogP contribution in [-0.4, -0.2) is 86.0 Å². The van der Waals surface area contributed by atoms with Crippen molar-refractivity contribution in [2.75, 3.05) is 59.4 Å². The molecule has 0 spiro atoms. The minimum absolute atomic E-state index is 0. The SMILES string of the molecule is CN=C(NCCN1CCN(C(=O)C2CCCC2)CC1)N1CCC(C)CC1.I. The summed E-state index contributed by atoms with van der Waals surface area (Å²) >= 11 is 0. The molecule has 1 aliphatic carbocycles. The van der Waals surface area contributed by atoms with E-state index in [1.165, 1.54) is 25.7 Å². The molecule has 2 saturated heterocycles. The van der Waals surface area contributed by atoms with Gasteiger partial charge in [0.2, 0.25) is 5.91 Å². The predicted octanol–water partition coefficient (Wildman–Crippen LogP) is 2.25. The molecule has 1 N–H and O–H groups in total. The van der Waals surface area contributed by atoms with E-state index in [4.69, 9.17) is 0 Å². The van der Waals surface area contributed by atoms with Crippen LogP contribution in [0.3, 0.4) is 0 Å². The lowest BCUT2D eigenvalue weighted by atomic mass is 10.00. The van der Waals surface area contributed by atoms with Gasteiger partial charge in [0, 0.05) is 65.3 Å². The molecule has 0 atom stereocenters. The Morgan fingerprint density at radius 3 is 2.19 bits per heavy atom.